The van der Waals surface area contributed by atoms with Crippen molar-refractivity contribution in [1.82, 2.24) is 0 Å². The van der Waals surface area contributed by atoms with Crippen molar-refractivity contribution >= 4 is 24.6 Å². The van der Waals surface area contributed by atoms with Gasteiger partial charge in [-0.1, -0.05) is 0 Å². The van der Waals surface area contributed by atoms with Crippen LogP contribution in [0.3, 0.4) is 0 Å². The lowest BCUT2D eigenvalue weighted by molar-refractivity contribution is -0.150. The first-order valence-corrected chi connectivity index (χ1v) is 2.53. The van der Waals surface area contributed by atoms with Gasteiger partial charge < -0.3 is 10.2 Å². The van der Waals surface area contributed by atoms with Crippen LogP contribution in [0.15, 0.2) is 0 Å². The molecule has 0 saturated heterocycles. The van der Waals surface area contributed by atoms with Crippen LogP contribution in [0, 0.1) is 0 Å². The molecular formula is C4H6O4S. The van der Waals surface area contributed by atoms with Gasteiger partial charge in [0.2, 0.25) is 4.75 Å². The highest BCUT2D eigenvalue weighted by molar-refractivity contribution is 7.83. The molecule has 5 heteroatoms. The molecular weight excluding hydrogens is 144 g/mol. The summed E-state index contributed by atoms with van der Waals surface area (Å²) in [4.78, 5) is 20.0. The minimum absolute atomic E-state index is 1.00. The van der Waals surface area contributed by atoms with Gasteiger partial charge in [-0.3, -0.25) is 9.59 Å². The summed E-state index contributed by atoms with van der Waals surface area (Å²) in [5, 5.41) is 16.3. The molecule has 0 aliphatic carbocycles. The molecule has 0 heterocycles. The second-order valence-corrected chi connectivity index (χ2v) is 2.58. The largest absolute Gasteiger partial charge is 0.480 e. The van der Waals surface area contributed by atoms with Crippen molar-refractivity contribution in [2.45, 2.75) is 11.7 Å². The summed E-state index contributed by atoms with van der Waals surface area (Å²) in [5.74, 6) is -2.92. The van der Waals surface area contributed by atoms with E-state index in [0.717, 1.165) is 6.92 Å². The molecule has 0 saturated carbocycles. The van der Waals surface area contributed by atoms with Crippen LogP contribution in [0.4, 0.5) is 0 Å². The fourth-order valence-corrected chi connectivity index (χ4v) is 0.0915. The summed E-state index contributed by atoms with van der Waals surface area (Å²) in [6.45, 7) is 1.00. The highest BCUT2D eigenvalue weighted by Gasteiger charge is 2.37. The average Bonchev–Trinajstić information content (AvgIpc) is 1.65. The summed E-state index contributed by atoms with van der Waals surface area (Å²) in [6.07, 6.45) is 0. The van der Waals surface area contributed by atoms with Gasteiger partial charge in [0.05, 0.1) is 0 Å². The summed E-state index contributed by atoms with van der Waals surface area (Å²) in [5.41, 5.74) is 0. The van der Waals surface area contributed by atoms with Crippen molar-refractivity contribution in [3.05, 3.63) is 0 Å². The minimum Gasteiger partial charge on any atom is -0.480 e. The molecule has 52 valence electrons. The standard InChI is InChI=1S/C4H6O4S/c1-4(9,2(5)6)3(7)8/h9H,1H3,(H,5,6)(H,7,8). The molecule has 0 aromatic rings. The molecule has 0 aliphatic heterocycles. The van der Waals surface area contributed by atoms with Gasteiger partial charge in [0.1, 0.15) is 0 Å². The van der Waals surface area contributed by atoms with Crippen molar-refractivity contribution in [2.75, 3.05) is 0 Å². The molecule has 0 bridgehead atoms. The van der Waals surface area contributed by atoms with Crippen molar-refractivity contribution < 1.29 is 19.8 Å². The predicted molar refractivity (Wildman–Crippen MR) is 32.7 cm³/mol. The molecule has 2 N–H and O–H groups in total. The van der Waals surface area contributed by atoms with Crippen LogP contribution < -0.4 is 0 Å². The number of aliphatic carboxylic acids is 2. The predicted octanol–water partition coefficient (Wildman–Crippen LogP) is -0.156. The van der Waals surface area contributed by atoms with Gasteiger partial charge in [0.25, 0.3) is 0 Å². The second kappa shape index (κ2) is 2.26. The van der Waals surface area contributed by atoms with Crippen LogP contribution in [0.5, 0.6) is 0 Å². The Hall–Kier alpha value is -0.710. The number of hydrogen-bond acceptors (Lipinski definition) is 3. The molecule has 0 radical (unpaired) electrons. The molecule has 0 amide bonds. The van der Waals surface area contributed by atoms with Crippen molar-refractivity contribution in [3.63, 3.8) is 0 Å². The van der Waals surface area contributed by atoms with E-state index in [2.05, 4.69) is 12.6 Å². The van der Waals surface area contributed by atoms with Crippen LogP contribution in [-0.2, 0) is 9.59 Å². The zero-order valence-electron chi connectivity index (χ0n) is 4.66. The molecule has 0 atom stereocenters. The van der Waals surface area contributed by atoms with Gasteiger partial charge >= 0.3 is 11.9 Å². The zero-order valence-corrected chi connectivity index (χ0v) is 5.55. The molecule has 0 spiro atoms. The summed E-state index contributed by atoms with van der Waals surface area (Å²) >= 11 is 3.38. The second-order valence-electron chi connectivity index (χ2n) is 1.68. The fraction of sp³-hybridized carbons (Fsp3) is 0.500. The van der Waals surface area contributed by atoms with Crippen LogP contribution in [0.2, 0.25) is 0 Å². The number of carbonyl (C=O) groups is 2. The Morgan fingerprint density at radius 1 is 1.33 bits per heavy atom. The number of hydrogen-bond donors (Lipinski definition) is 3. The topological polar surface area (TPSA) is 74.6 Å². The summed E-state index contributed by atoms with van der Waals surface area (Å²) in [6, 6.07) is 0. The van der Waals surface area contributed by atoms with Crippen molar-refractivity contribution in [3.8, 4) is 0 Å². The van der Waals surface area contributed by atoms with Crippen LogP contribution in [-0.4, -0.2) is 26.9 Å². The van der Waals surface area contributed by atoms with Gasteiger partial charge in [-0.2, -0.15) is 0 Å². The molecule has 9 heavy (non-hydrogen) atoms. The van der Waals surface area contributed by atoms with Gasteiger partial charge in [-0.25, -0.2) is 0 Å². The maximum atomic E-state index is 10.0. The third-order valence-electron chi connectivity index (χ3n) is 0.833. The first kappa shape index (κ1) is 8.29. The normalized spacial score (nSPS) is 10.9. The number of rotatable bonds is 2. The van der Waals surface area contributed by atoms with Crippen molar-refractivity contribution in [2.24, 2.45) is 0 Å². The van der Waals surface area contributed by atoms with E-state index in [4.69, 9.17) is 10.2 Å². The van der Waals surface area contributed by atoms with E-state index in [1.807, 2.05) is 0 Å². The maximum Gasteiger partial charge on any atom is 0.330 e. The van der Waals surface area contributed by atoms with Gasteiger partial charge in [-0.05, 0) is 6.92 Å². The zero-order chi connectivity index (χ0) is 7.65. The highest BCUT2D eigenvalue weighted by atomic mass is 32.1. The fourth-order valence-electron chi connectivity index (χ4n) is 0.0915. The third-order valence-corrected chi connectivity index (χ3v) is 1.22. The molecule has 0 aromatic carbocycles. The Labute approximate surface area is 56.9 Å². The molecule has 0 rings (SSSR count). The van der Waals surface area contributed by atoms with E-state index in [-0.39, 0.29) is 0 Å². The highest BCUT2D eigenvalue weighted by Crippen LogP contribution is 2.12. The quantitative estimate of drug-likeness (QED) is 0.378. The summed E-state index contributed by atoms with van der Waals surface area (Å²) in [7, 11) is 0. The van der Waals surface area contributed by atoms with Gasteiger partial charge in [-0.15, -0.1) is 12.6 Å². The first-order chi connectivity index (χ1) is 3.89. The number of thiol groups is 1. The average molecular weight is 150 g/mol. The van der Waals surface area contributed by atoms with E-state index in [9.17, 15) is 9.59 Å². The lowest BCUT2D eigenvalue weighted by atomic mass is 10.2. The van der Waals surface area contributed by atoms with E-state index in [1.54, 1.807) is 0 Å². The Bertz CT molecular complexity index is 135. The smallest absolute Gasteiger partial charge is 0.330 e. The Kier molecular flexibility index (Phi) is 2.08. The van der Waals surface area contributed by atoms with Gasteiger partial charge in [0, 0.05) is 0 Å². The number of carboxylic acid groups (broad SMARTS) is 2. The third kappa shape index (κ3) is 1.60. The Morgan fingerprint density at radius 2 is 1.56 bits per heavy atom. The Morgan fingerprint density at radius 3 is 1.56 bits per heavy atom. The molecule has 0 fully saturated rings. The van der Waals surface area contributed by atoms with E-state index >= 15 is 0 Å². The maximum absolute atomic E-state index is 10.0. The van der Waals surface area contributed by atoms with Crippen LogP contribution in [0.25, 0.3) is 0 Å². The van der Waals surface area contributed by atoms with Crippen LogP contribution in [0.1, 0.15) is 6.92 Å². The van der Waals surface area contributed by atoms with E-state index < -0.39 is 16.7 Å². The lowest BCUT2D eigenvalue weighted by Gasteiger charge is -2.09. The first-order valence-electron chi connectivity index (χ1n) is 2.08. The summed E-state index contributed by atoms with van der Waals surface area (Å²) < 4.78 is -1.97. The van der Waals surface area contributed by atoms with E-state index in [0.29, 0.717) is 0 Å². The molecule has 0 aliphatic rings. The SMILES string of the molecule is CC(S)(C(=O)O)C(=O)O. The van der Waals surface area contributed by atoms with E-state index in [1.165, 1.54) is 0 Å². The lowest BCUT2D eigenvalue weighted by Crippen LogP contribution is -2.37. The molecule has 0 unspecified atom stereocenters. The van der Waals surface area contributed by atoms with Crippen LogP contribution >= 0.6 is 12.6 Å². The number of carboxylic acids is 2. The molecule has 0 aromatic heterocycles. The molecule has 4 nitrogen and oxygen atoms in total. The van der Waals surface area contributed by atoms with Crippen molar-refractivity contribution in [1.29, 1.82) is 0 Å². The monoisotopic (exact) mass is 150 g/mol. The Balaban J connectivity index is 4.38. The minimum atomic E-state index is -1.97. The van der Waals surface area contributed by atoms with Gasteiger partial charge in [0.15, 0.2) is 0 Å².